The number of carboxylic acids is 1. The predicted octanol–water partition coefficient (Wildman–Crippen LogP) is 3.08. The van der Waals surface area contributed by atoms with Crippen LogP contribution in [0.5, 0.6) is 5.75 Å². The Labute approximate surface area is 123 Å². The molecular formula is C14H10N2O4S. The van der Waals surface area contributed by atoms with Crippen LogP contribution >= 0.6 is 11.3 Å². The van der Waals surface area contributed by atoms with Crippen molar-refractivity contribution >= 4 is 17.3 Å². The third-order valence-corrected chi connectivity index (χ3v) is 3.53. The van der Waals surface area contributed by atoms with Gasteiger partial charge in [0.25, 0.3) is 11.8 Å². The van der Waals surface area contributed by atoms with E-state index in [0.717, 1.165) is 4.88 Å². The molecule has 0 atom stereocenters. The third-order valence-electron chi connectivity index (χ3n) is 2.67. The summed E-state index contributed by atoms with van der Waals surface area (Å²) in [7, 11) is 0. The van der Waals surface area contributed by atoms with Gasteiger partial charge in [-0.15, -0.1) is 21.5 Å². The molecule has 6 nitrogen and oxygen atoms in total. The quantitative estimate of drug-likeness (QED) is 0.779. The van der Waals surface area contributed by atoms with Crippen LogP contribution in [0.2, 0.25) is 0 Å². The summed E-state index contributed by atoms with van der Waals surface area (Å²) in [6.45, 7) is 0.0165. The van der Waals surface area contributed by atoms with Gasteiger partial charge in [-0.1, -0.05) is 18.2 Å². The molecule has 0 bridgehead atoms. The summed E-state index contributed by atoms with van der Waals surface area (Å²) < 4.78 is 10.9. The lowest BCUT2D eigenvalue weighted by atomic mass is 10.2. The second-order valence-electron chi connectivity index (χ2n) is 4.07. The van der Waals surface area contributed by atoms with Gasteiger partial charge in [0.05, 0.1) is 4.88 Å². The van der Waals surface area contributed by atoms with Crippen molar-refractivity contribution in [2.24, 2.45) is 0 Å². The van der Waals surface area contributed by atoms with Gasteiger partial charge in [0.15, 0.2) is 6.61 Å². The van der Waals surface area contributed by atoms with Gasteiger partial charge in [0.2, 0.25) is 0 Å². The molecule has 0 aliphatic rings. The van der Waals surface area contributed by atoms with E-state index in [0.29, 0.717) is 11.8 Å². The van der Waals surface area contributed by atoms with E-state index in [-0.39, 0.29) is 17.9 Å². The largest absolute Gasteiger partial charge is 0.483 e. The van der Waals surface area contributed by atoms with Crippen molar-refractivity contribution in [2.45, 2.75) is 6.61 Å². The average molecular weight is 302 g/mol. The number of nitrogens with zero attached hydrogens (tertiary/aromatic N) is 2. The highest BCUT2D eigenvalue weighted by Gasteiger charge is 2.13. The Balaban J connectivity index is 1.73. The van der Waals surface area contributed by atoms with E-state index >= 15 is 0 Å². The van der Waals surface area contributed by atoms with Crippen LogP contribution < -0.4 is 4.74 Å². The zero-order valence-electron chi connectivity index (χ0n) is 10.7. The second-order valence-corrected chi connectivity index (χ2v) is 5.02. The Morgan fingerprint density at radius 2 is 2.10 bits per heavy atom. The highest BCUT2D eigenvalue weighted by atomic mass is 32.1. The molecule has 106 valence electrons. The fourth-order valence-electron chi connectivity index (χ4n) is 1.72. The fraction of sp³-hybridized carbons (Fsp3) is 0.0714. The molecule has 0 fully saturated rings. The van der Waals surface area contributed by atoms with Crippen LogP contribution in [0.25, 0.3) is 10.8 Å². The number of hydrogen-bond acceptors (Lipinski definition) is 6. The first kappa shape index (κ1) is 13.3. The van der Waals surface area contributed by atoms with E-state index in [1.54, 1.807) is 18.2 Å². The zero-order valence-corrected chi connectivity index (χ0v) is 11.5. The standard InChI is InChI=1S/C14H10N2O4S/c17-14(18)9-4-1-2-5-10(9)19-8-12-15-16-13(20-12)11-6-3-7-21-11/h1-7H,8H2,(H,17,18). The lowest BCUT2D eigenvalue weighted by Crippen LogP contribution is -2.03. The lowest BCUT2D eigenvalue weighted by Gasteiger charge is -2.06. The highest BCUT2D eigenvalue weighted by Crippen LogP contribution is 2.24. The van der Waals surface area contributed by atoms with Crippen molar-refractivity contribution in [3.8, 4) is 16.5 Å². The maximum absolute atomic E-state index is 11.1. The van der Waals surface area contributed by atoms with Crippen LogP contribution in [0.15, 0.2) is 46.2 Å². The third kappa shape index (κ3) is 2.92. The molecule has 0 aliphatic heterocycles. The van der Waals surface area contributed by atoms with E-state index < -0.39 is 5.97 Å². The number of ether oxygens (including phenoxy) is 1. The molecule has 1 aromatic carbocycles. The van der Waals surface area contributed by atoms with Crippen molar-refractivity contribution < 1.29 is 19.1 Å². The van der Waals surface area contributed by atoms with Crippen molar-refractivity contribution in [1.82, 2.24) is 10.2 Å². The minimum Gasteiger partial charge on any atom is -0.483 e. The molecule has 2 heterocycles. The zero-order chi connectivity index (χ0) is 14.7. The first-order valence-electron chi connectivity index (χ1n) is 6.05. The number of aromatic carboxylic acids is 1. The maximum atomic E-state index is 11.1. The number of hydrogen-bond donors (Lipinski definition) is 1. The molecule has 3 rings (SSSR count). The topological polar surface area (TPSA) is 85.5 Å². The van der Waals surface area contributed by atoms with Crippen LogP contribution in [-0.4, -0.2) is 21.3 Å². The Morgan fingerprint density at radius 1 is 1.24 bits per heavy atom. The highest BCUT2D eigenvalue weighted by molar-refractivity contribution is 7.13. The number of benzene rings is 1. The van der Waals surface area contributed by atoms with Crippen LogP contribution in [-0.2, 0) is 6.61 Å². The van der Waals surface area contributed by atoms with Gasteiger partial charge in [-0.3, -0.25) is 0 Å². The minimum atomic E-state index is -1.05. The summed E-state index contributed by atoms with van der Waals surface area (Å²) in [5.74, 6) is -0.0648. The number of rotatable bonds is 5. The van der Waals surface area contributed by atoms with E-state index in [1.807, 2.05) is 17.5 Å². The van der Waals surface area contributed by atoms with Gasteiger partial charge in [-0.05, 0) is 23.6 Å². The van der Waals surface area contributed by atoms with Gasteiger partial charge in [-0.25, -0.2) is 4.79 Å². The molecule has 0 spiro atoms. The molecule has 0 saturated heterocycles. The van der Waals surface area contributed by atoms with Crippen LogP contribution in [0.1, 0.15) is 16.2 Å². The second kappa shape index (κ2) is 5.76. The number of carboxylic acid groups (broad SMARTS) is 1. The predicted molar refractivity (Wildman–Crippen MR) is 75.3 cm³/mol. The van der Waals surface area contributed by atoms with Crippen LogP contribution in [0.4, 0.5) is 0 Å². The molecular weight excluding hydrogens is 292 g/mol. The summed E-state index contributed by atoms with van der Waals surface area (Å²) in [5, 5.41) is 18.8. The lowest BCUT2D eigenvalue weighted by molar-refractivity contribution is 0.0691. The summed E-state index contributed by atoms with van der Waals surface area (Å²) >= 11 is 1.50. The molecule has 0 unspecified atom stereocenters. The molecule has 0 saturated carbocycles. The summed E-state index contributed by atoms with van der Waals surface area (Å²) in [5.41, 5.74) is 0.0931. The number of carbonyl (C=O) groups is 1. The van der Waals surface area contributed by atoms with Crippen molar-refractivity contribution in [3.63, 3.8) is 0 Å². The molecule has 7 heteroatoms. The monoisotopic (exact) mass is 302 g/mol. The van der Waals surface area contributed by atoms with E-state index in [2.05, 4.69) is 10.2 Å². The molecule has 3 aromatic rings. The van der Waals surface area contributed by atoms with Crippen LogP contribution in [0.3, 0.4) is 0 Å². The number of thiophene rings is 1. The van der Waals surface area contributed by atoms with Gasteiger partial charge in [0, 0.05) is 0 Å². The molecule has 0 radical (unpaired) electrons. The molecule has 21 heavy (non-hydrogen) atoms. The number of para-hydroxylation sites is 1. The van der Waals surface area contributed by atoms with Crippen molar-refractivity contribution in [2.75, 3.05) is 0 Å². The Kier molecular flexibility index (Phi) is 3.65. The average Bonchev–Trinajstić information content (AvgIpc) is 3.16. The minimum absolute atomic E-state index is 0.0165. The van der Waals surface area contributed by atoms with Crippen molar-refractivity contribution in [3.05, 3.63) is 53.2 Å². The summed E-state index contributed by atoms with van der Waals surface area (Å²) in [6.07, 6.45) is 0. The maximum Gasteiger partial charge on any atom is 0.339 e. The van der Waals surface area contributed by atoms with Crippen LogP contribution in [0, 0.1) is 0 Å². The summed E-state index contributed by atoms with van der Waals surface area (Å²) in [6, 6.07) is 10.2. The normalized spacial score (nSPS) is 10.5. The fourth-order valence-corrected chi connectivity index (χ4v) is 2.36. The van der Waals surface area contributed by atoms with E-state index in [9.17, 15) is 4.79 Å². The Morgan fingerprint density at radius 3 is 2.86 bits per heavy atom. The molecule has 0 aliphatic carbocycles. The molecule has 1 N–H and O–H groups in total. The van der Waals surface area contributed by atoms with Gasteiger partial charge < -0.3 is 14.3 Å². The molecule has 2 aromatic heterocycles. The first-order valence-corrected chi connectivity index (χ1v) is 6.93. The Hall–Kier alpha value is -2.67. The van der Waals surface area contributed by atoms with Gasteiger partial charge in [-0.2, -0.15) is 0 Å². The smallest absolute Gasteiger partial charge is 0.339 e. The van der Waals surface area contributed by atoms with Gasteiger partial charge in [0.1, 0.15) is 11.3 Å². The SMILES string of the molecule is O=C(O)c1ccccc1OCc1nnc(-c2cccs2)o1. The molecule has 0 amide bonds. The van der Waals surface area contributed by atoms with Crippen molar-refractivity contribution in [1.29, 1.82) is 0 Å². The van der Waals surface area contributed by atoms with E-state index in [1.165, 1.54) is 17.4 Å². The van der Waals surface area contributed by atoms with Gasteiger partial charge >= 0.3 is 5.97 Å². The summed E-state index contributed by atoms with van der Waals surface area (Å²) in [4.78, 5) is 11.9. The van der Waals surface area contributed by atoms with E-state index in [4.69, 9.17) is 14.3 Å². The number of aromatic nitrogens is 2. The Bertz CT molecular complexity index is 752. The first-order chi connectivity index (χ1) is 10.2.